The summed E-state index contributed by atoms with van der Waals surface area (Å²) in [6, 6.07) is 3.97. The van der Waals surface area contributed by atoms with Crippen LogP contribution in [0.2, 0.25) is 0 Å². The molecule has 108 valence electrons. The smallest absolute Gasteiger partial charge is 0.112 e. The lowest BCUT2D eigenvalue weighted by molar-refractivity contribution is 0.254. The van der Waals surface area contributed by atoms with Crippen LogP contribution in [-0.4, -0.2) is 42.1 Å². The molecule has 0 bridgehead atoms. The van der Waals surface area contributed by atoms with Gasteiger partial charge in [-0.2, -0.15) is 0 Å². The highest BCUT2D eigenvalue weighted by Gasteiger charge is 2.19. The summed E-state index contributed by atoms with van der Waals surface area (Å²) in [5.74, 6) is 0. The lowest BCUT2D eigenvalue weighted by atomic mass is 9.93. The molecule has 0 amide bonds. The van der Waals surface area contributed by atoms with Crippen molar-refractivity contribution in [2.45, 2.75) is 13.8 Å². The van der Waals surface area contributed by atoms with Gasteiger partial charge in [-0.3, -0.25) is 9.97 Å². The lowest BCUT2D eigenvalue weighted by Gasteiger charge is -2.29. The number of nitrogens with zero attached hydrogens (tertiary/aromatic N) is 3. The first kappa shape index (κ1) is 15.2. The molecule has 2 aromatic heterocycles. The van der Waals surface area contributed by atoms with Crippen LogP contribution < -0.4 is 5.32 Å². The summed E-state index contributed by atoms with van der Waals surface area (Å²) in [5, 5.41) is 3.51. The van der Waals surface area contributed by atoms with Crippen molar-refractivity contribution in [3.8, 4) is 0 Å². The molecule has 0 saturated heterocycles. The highest BCUT2D eigenvalue weighted by atomic mass is 79.9. The Balaban J connectivity index is 2.18. The summed E-state index contributed by atoms with van der Waals surface area (Å²) in [4.78, 5) is 11.0. The summed E-state index contributed by atoms with van der Waals surface area (Å²) in [6.07, 6.45) is 3.62. The van der Waals surface area contributed by atoms with Crippen molar-refractivity contribution in [2.24, 2.45) is 5.41 Å². The minimum atomic E-state index is 0.189. The van der Waals surface area contributed by atoms with Gasteiger partial charge >= 0.3 is 0 Å². The summed E-state index contributed by atoms with van der Waals surface area (Å²) in [6.45, 7) is 6.44. The maximum Gasteiger partial charge on any atom is 0.112 e. The molecule has 0 aliphatic rings. The van der Waals surface area contributed by atoms with E-state index in [0.717, 1.165) is 34.3 Å². The number of rotatable bonds is 5. The second-order valence-corrected chi connectivity index (χ2v) is 7.05. The number of aromatic nitrogens is 2. The second kappa shape index (κ2) is 6.06. The maximum absolute atomic E-state index is 4.46. The van der Waals surface area contributed by atoms with Gasteiger partial charge in [0, 0.05) is 30.0 Å². The number of nitrogens with one attached hydrogen (secondary N) is 1. The zero-order valence-electron chi connectivity index (χ0n) is 12.4. The van der Waals surface area contributed by atoms with E-state index >= 15 is 0 Å². The molecule has 0 saturated carbocycles. The minimum absolute atomic E-state index is 0.189. The minimum Gasteiger partial charge on any atom is -0.383 e. The molecular formula is C15H21BrN4. The van der Waals surface area contributed by atoms with E-state index in [2.05, 4.69) is 64.1 Å². The van der Waals surface area contributed by atoms with Crippen LogP contribution in [0.5, 0.6) is 0 Å². The number of anilines is 1. The SMILES string of the molecule is CN(C)CC(C)(C)CNc1ccnc2cc(Br)cnc12. The Labute approximate surface area is 128 Å². The summed E-state index contributed by atoms with van der Waals surface area (Å²) < 4.78 is 0.947. The zero-order valence-corrected chi connectivity index (χ0v) is 14.0. The standard InChI is InChI=1S/C15H21BrN4/c1-15(2,10-20(3)4)9-19-12-5-6-17-13-7-11(16)8-18-14(12)13/h5-8H,9-10H2,1-4H3,(H,17,19). The molecule has 5 heteroatoms. The van der Waals surface area contributed by atoms with Crippen LogP contribution in [0.25, 0.3) is 11.0 Å². The van der Waals surface area contributed by atoms with Crippen molar-refractivity contribution in [3.63, 3.8) is 0 Å². The number of hydrogen-bond acceptors (Lipinski definition) is 4. The third-order valence-electron chi connectivity index (χ3n) is 3.05. The third-order valence-corrected chi connectivity index (χ3v) is 3.48. The van der Waals surface area contributed by atoms with Crippen molar-refractivity contribution in [2.75, 3.05) is 32.5 Å². The van der Waals surface area contributed by atoms with Crippen LogP contribution in [0.4, 0.5) is 5.69 Å². The molecule has 2 aromatic rings. The van der Waals surface area contributed by atoms with Gasteiger partial charge in [0.15, 0.2) is 0 Å². The van der Waals surface area contributed by atoms with Gasteiger partial charge in [0.05, 0.1) is 11.2 Å². The third kappa shape index (κ3) is 3.90. The highest BCUT2D eigenvalue weighted by molar-refractivity contribution is 9.10. The number of fused-ring (bicyclic) bond motifs is 1. The fourth-order valence-corrected chi connectivity index (χ4v) is 2.71. The first-order valence-electron chi connectivity index (χ1n) is 6.66. The predicted octanol–water partition coefficient (Wildman–Crippen LogP) is 3.39. The quantitative estimate of drug-likeness (QED) is 0.908. The fourth-order valence-electron chi connectivity index (χ4n) is 2.39. The van der Waals surface area contributed by atoms with Gasteiger partial charge in [-0.25, -0.2) is 0 Å². The monoisotopic (exact) mass is 336 g/mol. The Hall–Kier alpha value is -1.20. The fraction of sp³-hybridized carbons (Fsp3) is 0.467. The van der Waals surface area contributed by atoms with Crippen LogP contribution in [0.15, 0.2) is 29.0 Å². The molecule has 0 aliphatic carbocycles. The van der Waals surface area contributed by atoms with Crippen LogP contribution >= 0.6 is 15.9 Å². The van der Waals surface area contributed by atoms with Crippen molar-refractivity contribution < 1.29 is 0 Å². The van der Waals surface area contributed by atoms with Crippen molar-refractivity contribution in [1.82, 2.24) is 14.9 Å². The van der Waals surface area contributed by atoms with Crippen LogP contribution in [-0.2, 0) is 0 Å². The normalized spacial score (nSPS) is 12.1. The molecule has 20 heavy (non-hydrogen) atoms. The molecule has 0 unspecified atom stereocenters. The molecule has 0 aliphatic heterocycles. The molecule has 0 fully saturated rings. The van der Waals surface area contributed by atoms with E-state index in [1.807, 2.05) is 18.3 Å². The van der Waals surface area contributed by atoms with Gasteiger partial charge in [-0.05, 0) is 47.6 Å². The second-order valence-electron chi connectivity index (χ2n) is 6.14. The van der Waals surface area contributed by atoms with Crippen molar-refractivity contribution >= 4 is 32.7 Å². The first-order valence-corrected chi connectivity index (χ1v) is 7.45. The van der Waals surface area contributed by atoms with E-state index in [4.69, 9.17) is 0 Å². The number of pyridine rings is 2. The van der Waals surface area contributed by atoms with Crippen LogP contribution in [0.1, 0.15) is 13.8 Å². The van der Waals surface area contributed by atoms with Gasteiger partial charge in [0.25, 0.3) is 0 Å². The van der Waals surface area contributed by atoms with Crippen LogP contribution in [0, 0.1) is 5.41 Å². The van der Waals surface area contributed by atoms with E-state index in [9.17, 15) is 0 Å². The van der Waals surface area contributed by atoms with Gasteiger partial charge in [0.1, 0.15) is 5.52 Å². The molecule has 0 aromatic carbocycles. The lowest BCUT2D eigenvalue weighted by Crippen LogP contribution is -2.34. The topological polar surface area (TPSA) is 41.0 Å². The molecule has 0 atom stereocenters. The van der Waals surface area contributed by atoms with Gasteiger partial charge < -0.3 is 10.2 Å². The van der Waals surface area contributed by atoms with Gasteiger partial charge in [0.2, 0.25) is 0 Å². The van der Waals surface area contributed by atoms with E-state index in [0.29, 0.717) is 0 Å². The Kier molecular flexibility index (Phi) is 4.60. The van der Waals surface area contributed by atoms with Gasteiger partial charge in [-0.1, -0.05) is 13.8 Å². The molecule has 2 rings (SSSR count). The summed E-state index contributed by atoms with van der Waals surface area (Å²) >= 11 is 3.43. The molecule has 2 heterocycles. The number of halogens is 1. The summed E-state index contributed by atoms with van der Waals surface area (Å²) in [5.41, 5.74) is 3.04. The van der Waals surface area contributed by atoms with Gasteiger partial charge in [-0.15, -0.1) is 0 Å². The molecular weight excluding hydrogens is 316 g/mol. The Bertz CT molecular complexity index is 595. The molecule has 0 radical (unpaired) electrons. The predicted molar refractivity (Wildman–Crippen MR) is 88.1 cm³/mol. The molecule has 4 nitrogen and oxygen atoms in total. The average Bonchev–Trinajstić information content (AvgIpc) is 2.34. The van der Waals surface area contributed by atoms with E-state index < -0.39 is 0 Å². The maximum atomic E-state index is 4.46. The average molecular weight is 337 g/mol. The van der Waals surface area contributed by atoms with E-state index in [1.54, 1.807) is 6.20 Å². The Morgan fingerprint density at radius 1 is 1.30 bits per heavy atom. The first-order chi connectivity index (χ1) is 9.37. The van der Waals surface area contributed by atoms with E-state index in [-0.39, 0.29) is 5.41 Å². The van der Waals surface area contributed by atoms with E-state index in [1.165, 1.54) is 0 Å². The highest BCUT2D eigenvalue weighted by Crippen LogP contribution is 2.24. The van der Waals surface area contributed by atoms with Crippen LogP contribution in [0.3, 0.4) is 0 Å². The number of hydrogen-bond donors (Lipinski definition) is 1. The largest absolute Gasteiger partial charge is 0.383 e. The Morgan fingerprint density at radius 3 is 2.75 bits per heavy atom. The van der Waals surface area contributed by atoms with Crippen molar-refractivity contribution in [1.29, 1.82) is 0 Å². The molecule has 1 N–H and O–H groups in total. The zero-order chi connectivity index (χ0) is 14.8. The Morgan fingerprint density at radius 2 is 2.05 bits per heavy atom. The molecule has 0 spiro atoms. The summed E-state index contributed by atoms with van der Waals surface area (Å²) in [7, 11) is 4.20. The van der Waals surface area contributed by atoms with Crippen molar-refractivity contribution in [3.05, 3.63) is 29.0 Å².